The summed E-state index contributed by atoms with van der Waals surface area (Å²) in [4.78, 5) is 14.7. The molecule has 7 rings (SSSR count). The molecule has 0 spiro atoms. The Balaban J connectivity index is 1.49. The fourth-order valence-corrected chi connectivity index (χ4v) is 6.82. The average Bonchev–Trinajstić information content (AvgIpc) is 3.17. The van der Waals surface area contributed by atoms with Gasteiger partial charge in [-0.15, -0.1) is 0 Å². The standard InChI is InChI=1S/C43H37NO5/c1-46-34-23-19-32(20-24-34)43(42(45)48-3,49-28-40-37-16-8-5-12-30(37)27-31-13-6-9-17-38(31)40)41(44-33-21-25-35(47-2)26-22-33)39-18-10-14-29-11-4-7-15-36(29)39/h4-27,41,44H,28H2,1-3H3/t41-,43-/m0/s1. The summed E-state index contributed by atoms with van der Waals surface area (Å²) in [7, 11) is 4.66. The largest absolute Gasteiger partial charge is 0.497 e. The van der Waals surface area contributed by atoms with Gasteiger partial charge in [0.1, 0.15) is 11.5 Å². The Morgan fingerprint density at radius 2 is 1.14 bits per heavy atom. The van der Waals surface area contributed by atoms with E-state index >= 15 is 0 Å². The molecular weight excluding hydrogens is 610 g/mol. The quantitative estimate of drug-likeness (QED) is 0.111. The molecule has 0 aliphatic carbocycles. The van der Waals surface area contributed by atoms with Crippen molar-refractivity contribution in [3.8, 4) is 11.5 Å². The van der Waals surface area contributed by atoms with Crippen LogP contribution in [0.1, 0.15) is 22.7 Å². The van der Waals surface area contributed by atoms with Gasteiger partial charge in [0.2, 0.25) is 5.60 Å². The summed E-state index contributed by atoms with van der Waals surface area (Å²) in [5, 5.41) is 10.0. The molecule has 7 aromatic carbocycles. The summed E-state index contributed by atoms with van der Waals surface area (Å²) in [6.07, 6.45) is 0. The van der Waals surface area contributed by atoms with Crippen molar-refractivity contribution in [1.82, 2.24) is 0 Å². The number of nitrogens with one attached hydrogen (secondary N) is 1. The van der Waals surface area contributed by atoms with Gasteiger partial charge in [0.15, 0.2) is 0 Å². The molecule has 0 unspecified atom stereocenters. The lowest BCUT2D eigenvalue weighted by Crippen LogP contribution is -2.48. The van der Waals surface area contributed by atoms with Crippen LogP contribution in [0, 0.1) is 0 Å². The molecule has 0 aliphatic heterocycles. The highest BCUT2D eigenvalue weighted by atomic mass is 16.6. The lowest BCUT2D eigenvalue weighted by molar-refractivity contribution is -0.177. The summed E-state index contributed by atoms with van der Waals surface area (Å²) in [6.45, 7) is 0.120. The maximum atomic E-state index is 14.7. The second kappa shape index (κ2) is 13.7. The zero-order valence-corrected chi connectivity index (χ0v) is 27.7. The molecule has 0 amide bonds. The molecule has 0 aliphatic rings. The number of hydrogen-bond donors (Lipinski definition) is 1. The fourth-order valence-electron chi connectivity index (χ4n) is 6.82. The highest BCUT2D eigenvalue weighted by Crippen LogP contribution is 2.46. The SMILES string of the molecule is COC(=O)[C@](OCc1c2ccccc2cc2ccccc12)(c1ccc(OC)cc1)[C@@H](Nc1ccc(OC)cc1)c1cccc2ccccc12. The smallest absolute Gasteiger partial charge is 0.345 e. The van der Waals surface area contributed by atoms with Gasteiger partial charge in [-0.05, 0) is 91.5 Å². The van der Waals surface area contributed by atoms with E-state index in [1.165, 1.54) is 7.11 Å². The maximum absolute atomic E-state index is 14.7. The summed E-state index contributed by atoms with van der Waals surface area (Å²) in [5.74, 6) is 0.842. The number of carbonyl (C=O) groups is 1. The van der Waals surface area contributed by atoms with Crippen LogP contribution in [0.4, 0.5) is 5.69 Å². The van der Waals surface area contributed by atoms with Gasteiger partial charge in [0, 0.05) is 5.69 Å². The molecule has 49 heavy (non-hydrogen) atoms. The topological polar surface area (TPSA) is 66.0 Å². The third-order valence-electron chi connectivity index (χ3n) is 9.28. The van der Waals surface area contributed by atoms with Crippen molar-refractivity contribution in [2.24, 2.45) is 0 Å². The van der Waals surface area contributed by atoms with Crippen LogP contribution >= 0.6 is 0 Å². The zero-order valence-electron chi connectivity index (χ0n) is 27.7. The van der Waals surface area contributed by atoms with Crippen molar-refractivity contribution < 1.29 is 23.7 Å². The number of esters is 1. The predicted octanol–water partition coefficient (Wildman–Crippen LogP) is 9.60. The molecule has 0 heterocycles. The van der Waals surface area contributed by atoms with Gasteiger partial charge < -0.3 is 24.3 Å². The van der Waals surface area contributed by atoms with Gasteiger partial charge >= 0.3 is 5.97 Å². The van der Waals surface area contributed by atoms with Crippen LogP contribution in [0.2, 0.25) is 0 Å². The highest BCUT2D eigenvalue weighted by molar-refractivity contribution is 6.02. The van der Waals surface area contributed by atoms with Crippen molar-refractivity contribution in [2.45, 2.75) is 18.2 Å². The Hall–Kier alpha value is -5.85. The minimum atomic E-state index is -1.68. The summed E-state index contributed by atoms with van der Waals surface area (Å²) < 4.78 is 23.9. The molecular formula is C43H37NO5. The summed E-state index contributed by atoms with van der Waals surface area (Å²) >= 11 is 0. The van der Waals surface area contributed by atoms with E-state index in [-0.39, 0.29) is 6.61 Å². The van der Waals surface area contributed by atoms with Crippen molar-refractivity contribution in [3.05, 3.63) is 162 Å². The molecule has 244 valence electrons. The number of carbonyl (C=O) groups excluding carboxylic acids is 1. The van der Waals surface area contributed by atoms with E-state index in [1.54, 1.807) is 14.2 Å². The molecule has 0 radical (unpaired) electrons. The fraction of sp³-hybridized carbons (Fsp3) is 0.140. The minimum Gasteiger partial charge on any atom is -0.497 e. The highest BCUT2D eigenvalue weighted by Gasteiger charge is 2.51. The van der Waals surface area contributed by atoms with Crippen molar-refractivity contribution >= 4 is 44.0 Å². The number of benzene rings is 7. The van der Waals surface area contributed by atoms with Crippen LogP contribution in [0.15, 0.2) is 146 Å². The zero-order chi connectivity index (χ0) is 33.8. The molecule has 0 fully saturated rings. The van der Waals surface area contributed by atoms with E-state index in [1.807, 2.05) is 97.1 Å². The second-order valence-electron chi connectivity index (χ2n) is 11.9. The monoisotopic (exact) mass is 647 g/mol. The van der Waals surface area contributed by atoms with E-state index < -0.39 is 17.6 Å². The van der Waals surface area contributed by atoms with E-state index in [0.717, 1.165) is 54.9 Å². The second-order valence-corrected chi connectivity index (χ2v) is 11.9. The third-order valence-corrected chi connectivity index (χ3v) is 9.28. The van der Waals surface area contributed by atoms with Crippen LogP contribution in [0.5, 0.6) is 11.5 Å². The van der Waals surface area contributed by atoms with Crippen LogP contribution in [0.25, 0.3) is 32.3 Å². The Morgan fingerprint density at radius 3 is 1.73 bits per heavy atom. The van der Waals surface area contributed by atoms with Gasteiger partial charge in [-0.2, -0.15) is 0 Å². The molecule has 0 saturated carbocycles. The normalized spacial score (nSPS) is 13.1. The number of anilines is 1. The lowest BCUT2D eigenvalue weighted by Gasteiger charge is -2.40. The minimum absolute atomic E-state index is 0.120. The summed E-state index contributed by atoms with van der Waals surface area (Å²) in [5.41, 5.74) is 1.57. The first-order valence-corrected chi connectivity index (χ1v) is 16.2. The van der Waals surface area contributed by atoms with Crippen LogP contribution in [-0.2, 0) is 26.5 Å². The molecule has 0 bridgehead atoms. The third kappa shape index (κ3) is 5.92. The first kappa shape index (κ1) is 31.7. The van der Waals surface area contributed by atoms with E-state index in [0.29, 0.717) is 11.3 Å². The van der Waals surface area contributed by atoms with Crippen molar-refractivity contribution in [3.63, 3.8) is 0 Å². The number of hydrogen-bond acceptors (Lipinski definition) is 6. The number of methoxy groups -OCH3 is 3. The van der Waals surface area contributed by atoms with Gasteiger partial charge in [-0.1, -0.05) is 103 Å². The summed E-state index contributed by atoms with van der Waals surface area (Å²) in [6, 6.07) is 47.3. The van der Waals surface area contributed by atoms with Gasteiger partial charge in [0.05, 0.1) is 34.0 Å². The number of ether oxygens (including phenoxy) is 4. The lowest BCUT2D eigenvalue weighted by atomic mass is 9.80. The Morgan fingerprint density at radius 1 is 0.612 bits per heavy atom. The number of fused-ring (bicyclic) bond motifs is 3. The van der Waals surface area contributed by atoms with E-state index in [2.05, 4.69) is 53.8 Å². The maximum Gasteiger partial charge on any atom is 0.345 e. The molecule has 1 N–H and O–H groups in total. The molecule has 7 aromatic rings. The first-order valence-electron chi connectivity index (χ1n) is 16.2. The first-order chi connectivity index (χ1) is 24.0. The average molecular weight is 648 g/mol. The van der Waals surface area contributed by atoms with Crippen molar-refractivity contribution in [2.75, 3.05) is 26.6 Å². The predicted molar refractivity (Wildman–Crippen MR) is 196 cm³/mol. The Kier molecular flexibility index (Phi) is 8.88. The molecule has 6 heteroatoms. The van der Waals surface area contributed by atoms with Gasteiger partial charge in [-0.3, -0.25) is 0 Å². The van der Waals surface area contributed by atoms with Gasteiger partial charge in [0.25, 0.3) is 0 Å². The number of rotatable bonds is 11. The van der Waals surface area contributed by atoms with Crippen molar-refractivity contribution in [1.29, 1.82) is 0 Å². The molecule has 0 aromatic heterocycles. The molecule has 0 saturated heterocycles. The molecule has 2 atom stereocenters. The Labute approximate surface area is 285 Å². The Bertz CT molecular complexity index is 2190. The molecule has 6 nitrogen and oxygen atoms in total. The van der Waals surface area contributed by atoms with Gasteiger partial charge in [-0.25, -0.2) is 4.79 Å². The van der Waals surface area contributed by atoms with E-state index in [4.69, 9.17) is 18.9 Å². The van der Waals surface area contributed by atoms with Crippen LogP contribution in [-0.4, -0.2) is 27.3 Å². The van der Waals surface area contributed by atoms with Crippen LogP contribution < -0.4 is 14.8 Å². The van der Waals surface area contributed by atoms with Crippen LogP contribution in [0.3, 0.4) is 0 Å². The van der Waals surface area contributed by atoms with E-state index in [9.17, 15) is 4.79 Å².